The van der Waals surface area contributed by atoms with Crippen LogP contribution in [0.1, 0.15) is 5.56 Å². The highest BCUT2D eigenvalue weighted by atomic mass is 16.3. The van der Waals surface area contributed by atoms with Gasteiger partial charge in [0, 0.05) is 32.0 Å². The van der Waals surface area contributed by atoms with Gasteiger partial charge in [0.05, 0.1) is 6.61 Å². The van der Waals surface area contributed by atoms with Gasteiger partial charge in [0.25, 0.3) is 0 Å². The van der Waals surface area contributed by atoms with E-state index in [0.29, 0.717) is 13.1 Å². The third-order valence-corrected chi connectivity index (χ3v) is 2.69. The second-order valence-corrected chi connectivity index (χ2v) is 3.80. The SMILES string of the molecule is O=C1C(CO)NCCN1Cc1ccncc1. The third kappa shape index (κ3) is 2.37. The van der Waals surface area contributed by atoms with Gasteiger partial charge < -0.3 is 15.3 Å². The summed E-state index contributed by atoms with van der Waals surface area (Å²) in [6.45, 7) is 1.84. The van der Waals surface area contributed by atoms with Crippen LogP contribution < -0.4 is 5.32 Å². The van der Waals surface area contributed by atoms with Gasteiger partial charge in [-0.1, -0.05) is 0 Å². The smallest absolute Gasteiger partial charge is 0.242 e. The Hall–Kier alpha value is -1.46. The first kappa shape index (κ1) is 11.0. The molecule has 86 valence electrons. The van der Waals surface area contributed by atoms with Crippen molar-refractivity contribution in [1.29, 1.82) is 0 Å². The molecule has 1 atom stereocenters. The first-order chi connectivity index (χ1) is 7.81. The molecule has 0 bridgehead atoms. The lowest BCUT2D eigenvalue weighted by Crippen LogP contribution is -2.56. The topological polar surface area (TPSA) is 65.5 Å². The predicted molar refractivity (Wildman–Crippen MR) is 58.5 cm³/mol. The van der Waals surface area contributed by atoms with Crippen LogP contribution in [-0.2, 0) is 11.3 Å². The lowest BCUT2D eigenvalue weighted by Gasteiger charge is -2.32. The second kappa shape index (κ2) is 5.05. The van der Waals surface area contributed by atoms with E-state index in [-0.39, 0.29) is 12.5 Å². The van der Waals surface area contributed by atoms with E-state index in [0.717, 1.165) is 12.1 Å². The highest BCUT2D eigenvalue weighted by Gasteiger charge is 2.27. The van der Waals surface area contributed by atoms with E-state index in [2.05, 4.69) is 10.3 Å². The Bertz CT molecular complexity index is 356. The van der Waals surface area contributed by atoms with Crippen LogP contribution in [-0.4, -0.2) is 46.6 Å². The number of aliphatic hydroxyl groups excluding tert-OH is 1. The van der Waals surface area contributed by atoms with Gasteiger partial charge in [-0.05, 0) is 17.7 Å². The van der Waals surface area contributed by atoms with Gasteiger partial charge in [0.15, 0.2) is 0 Å². The zero-order chi connectivity index (χ0) is 11.4. The van der Waals surface area contributed by atoms with Crippen molar-refractivity contribution in [3.63, 3.8) is 0 Å². The summed E-state index contributed by atoms with van der Waals surface area (Å²) < 4.78 is 0. The highest BCUT2D eigenvalue weighted by Crippen LogP contribution is 2.07. The van der Waals surface area contributed by atoms with Crippen molar-refractivity contribution < 1.29 is 9.90 Å². The summed E-state index contributed by atoms with van der Waals surface area (Å²) in [4.78, 5) is 17.5. The van der Waals surface area contributed by atoms with Crippen molar-refractivity contribution in [2.75, 3.05) is 19.7 Å². The van der Waals surface area contributed by atoms with Crippen molar-refractivity contribution in [2.24, 2.45) is 0 Å². The number of aromatic nitrogens is 1. The number of nitrogens with zero attached hydrogens (tertiary/aromatic N) is 2. The zero-order valence-corrected chi connectivity index (χ0v) is 8.97. The first-order valence-electron chi connectivity index (χ1n) is 5.33. The Morgan fingerprint density at radius 3 is 2.94 bits per heavy atom. The fourth-order valence-electron chi connectivity index (χ4n) is 1.80. The van der Waals surface area contributed by atoms with Gasteiger partial charge in [-0.2, -0.15) is 0 Å². The molecule has 1 saturated heterocycles. The molecular weight excluding hydrogens is 206 g/mol. The van der Waals surface area contributed by atoms with Gasteiger partial charge >= 0.3 is 0 Å². The van der Waals surface area contributed by atoms with E-state index in [1.807, 2.05) is 12.1 Å². The Balaban J connectivity index is 2.02. The van der Waals surface area contributed by atoms with E-state index >= 15 is 0 Å². The minimum atomic E-state index is -0.449. The van der Waals surface area contributed by atoms with Gasteiger partial charge in [0.2, 0.25) is 5.91 Å². The van der Waals surface area contributed by atoms with Gasteiger partial charge in [-0.3, -0.25) is 9.78 Å². The van der Waals surface area contributed by atoms with Crippen molar-refractivity contribution in [3.8, 4) is 0 Å². The zero-order valence-electron chi connectivity index (χ0n) is 8.97. The molecule has 16 heavy (non-hydrogen) atoms. The quantitative estimate of drug-likeness (QED) is 0.713. The number of pyridine rings is 1. The molecule has 0 saturated carbocycles. The maximum Gasteiger partial charge on any atom is 0.242 e. The van der Waals surface area contributed by atoms with Crippen LogP contribution in [0.25, 0.3) is 0 Å². The number of rotatable bonds is 3. The summed E-state index contributed by atoms with van der Waals surface area (Å²) in [5, 5.41) is 12.0. The molecule has 1 aromatic rings. The molecule has 0 radical (unpaired) electrons. The standard InChI is InChI=1S/C11H15N3O2/c15-8-10-11(16)14(6-5-13-10)7-9-1-3-12-4-2-9/h1-4,10,13,15H,5-8H2. The minimum Gasteiger partial charge on any atom is -0.394 e. The molecule has 1 aliphatic heterocycles. The molecule has 1 unspecified atom stereocenters. The molecule has 1 aliphatic rings. The molecule has 2 heterocycles. The van der Waals surface area contributed by atoms with E-state index in [1.165, 1.54) is 0 Å². The highest BCUT2D eigenvalue weighted by molar-refractivity contribution is 5.82. The Morgan fingerprint density at radius 2 is 2.25 bits per heavy atom. The van der Waals surface area contributed by atoms with E-state index in [1.54, 1.807) is 17.3 Å². The third-order valence-electron chi connectivity index (χ3n) is 2.69. The van der Waals surface area contributed by atoms with Crippen LogP contribution >= 0.6 is 0 Å². The van der Waals surface area contributed by atoms with Crippen molar-refractivity contribution in [1.82, 2.24) is 15.2 Å². The summed E-state index contributed by atoms with van der Waals surface area (Å²) >= 11 is 0. The summed E-state index contributed by atoms with van der Waals surface area (Å²) in [6.07, 6.45) is 3.43. The van der Waals surface area contributed by atoms with Crippen LogP contribution in [0.3, 0.4) is 0 Å². The Kier molecular flexibility index (Phi) is 3.48. The average Bonchev–Trinajstić information content (AvgIpc) is 2.33. The molecule has 1 aromatic heterocycles. The molecule has 0 aliphatic carbocycles. The maximum atomic E-state index is 11.8. The largest absolute Gasteiger partial charge is 0.394 e. The molecule has 1 fully saturated rings. The molecule has 5 nitrogen and oxygen atoms in total. The van der Waals surface area contributed by atoms with E-state index in [9.17, 15) is 4.79 Å². The Morgan fingerprint density at radius 1 is 1.50 bits per heavy atom. The molecule has 2 rings (SSSR count). The number of amides is 1. The van der Waals surface area contributed by atoms with E-state index < -0.39 is 6.04 Å². The minimum absolute atomic E-state index is 0.0365. The van der Waals surface area contributed by atoms with Crippen molar-refractivity contribution in [3.05, 3.63) is 30.1 Å². The fraction of sp³-hybridized carbons (Fsp3) is 0.455. The Labute approximate surface area is 94.1 Å². The average molecular weight is 221 g/mol. The lowest BCUT2D eigenvalue weighted by molar-refractivity contribution is -0.137. The van der Waals surface area contributed by atoms with Crippen LogP contribution in [0.5, 0.6) is 0 Å². The molecule has 2 N–H and O–H groups in total. The summed E-state index contributed by atoms with van der Waals surface area (Å²) in [6, 6.07) is 3.34. The number of carbonyl (C=O) groups excluding carboxylic acids is 1. The number of nitrogens with one attached hydrogen (secondary N) is 1. The number of hydrogen-bond donors (Lipinski definition) is 2. The van der Waals surface area contributed by atoms with Crippen molar-refractivity contribution >= 4 is 5.91 Å². The molecule has 0 spiro atoms. The lowest BCUT2D eigenvalue weighted by atomic mass is 10.1. The predicted octanol–water partition coefficient (Wildman–Crippen LogP) is -0.626. The number of aliphatic hydroxyl groups is 1. The van der Waals surface area contributed by atoms with Crippen molar-refractivity contribution in [2.45, 2.75) is 12.6 Å². The fourth-order valence-corrected chi connectivity index (χ4v) is 1.80. The summed E-state index contributed by atoms with van der Waals surface area (Å²) in [5.74, 6) is -0.0365. The van der Waals surface area contributed by atoms with Gasteiger partial charge in [-0.15, -0.1) is 0 Å². The van der Waals surface area contributed by atoms with Crippen LogP contribution in [0.2, 0.25) is 0 Å². The molecule has 5 heteroatoms. The summed E-state index contributed by atoms with van der Waals surface area (Å²) in [5.41, 5.74) is 1.06. The van der Waals surface area contributed by atoms with E-state index in [4.69, 9.17) is 5.11 Å². The number of carbonyl (C=O) groups is 1. The molecule has 0 aromatic carbocycles. The van der Waals surface area contributed by atoms with Crippen LogP contribution in [0.4, 0.5) is 0 Å². The van der Waals surface area contributed by atoms with Gasteiger partial charge in [-0.25, -0.2) is 0 Å². The monoisotopic (exact) mass is 221 g/mol. The normalized spacial score (nSPS) is 21.2. The molecule has 1 amide bonds. The molecular formula is C11H15N3O2. The maximum absolute atomic E-state index is 11.8. The van der Waals surface area contributed by atoms with Gasteiger partial charge in [0.1, 0.15) is 6.04 Å². The summed E-state index contributed by atoms with van der Waals surface area (Å²) in [7, 11) is 0. The number of hydrogen-bond acceptors (Lipinski definition) is 4. The second-order valence-electron chi connectivity index (χ2n) is 3.80. The first-order valence-corrected chi connectivity index (χ1v) is 5.33. The van der Waals surface area contributed by atoms with Crippen LogP contribution in [0, 0.1) is 0 Å². The number of piperazine rings is 1. The van der Waals surface area contributed by atoms with Crippen LogP contribution in [0.15, 0.2) is 24.5 Å².